The Hall–Kier alpha value is -5.86. The second-order valence-corrected chi connectivity index (χ2v) is 15.5. The van der Waals surface area contributed by atoms with E-state index in [9.17, 15) is 49.8 Å². The summed E-state index contributed by atoms with van der Waals surface area (Å²) in [6, 6.07) is 27.3. The Morgan fingerprint density at radius 1 is 0.413 bits per heavy atom. The van der Waals surface area contributed by atoms with Gasteiger partial charge in [-0.3, -0.25) is 19.2 Å². The van der Waals surface area contributed by atoms with E-state index in [1.807, 2.05) is 24.3 Å². The summed E-state index contributed by atoms with van der Waals surface area (Å²) in [4.78, 5) is 61.3. The van der Waals surface area contributed by atoms with E-state index in [0.29, 0.717) is 74.6 Å². The molecule has 4 rings (SSSR count). The summed E-state index contributed by atoms with van der Waals surface area (Å²) in [7, 11) is 13.5. The van der Waals surface area contributed by atoms with Gasteiger partial charge in [0.25, 0.3) is 0 Å². The van der Waals surface area contributed by atoms with Gasteiger partial charge in [-0.1, -0.05) is 97.1 Å². The van der Waals surface area contributed by atoms with Crippen LogP contribution in [-0.2, 0) is 104 Å². The van der Waals surface area contributed by atoms with Crippen molar-refractivity contribution in [2.75, 3.05) is 82.6 Å². The topological polar surface area (TPSA) is 342 Å². The summed E-state index contributed by atoms with van der Waals surface area (Å²) in [6.07, 6.45) is 1.83. The number of aliphatic hydroxyl groups is 2. The number of hydrogen-bond acceptors (Lipinski definition) is 18. The molecule has 428 valence electrons. The molecular formula is C50H74N8Ni3O14. The molecule has 4 amide bonds. The molecule has 0 radical (unpaired) electrons. The zero-order valence-electron chi connectivity index (χ0n) is 43.9. The standard InChI is InChI=1S/2C17H22N2O3.4C3H7NO.2C2H4O2.3Ni/c2*20-15(11-18-9-13-5-1-3-7-16(13)21)12-19-10-14-6-2-4-8-17(14)22;4*1-4(2)3-5;2*1-2(3)4;;;/h2*1-8,15,18-22H,9-12H2;4*3H,1-2H3;2*1H3,(H,3,4);;;/q;;;;;;;;3*+2/p-6. The molecule has 0 aliphatic carbocycles. The molecule has 25 heteroatoms. The van der Waals surface area contributed by atoms with Gasteiger partial charge in [0.05, 0.1) is 12.2 Å². The van der Waals surface area contributed by atoms with E-state index < -0.39 is 24.1 Å². The van der Waals surface area contributed by atoms with Gasteiger partial charge >= 0.3 is 49.5 Å². The van der Waals surface area contributed by atoms with E-state index in [4.69, 9.17) is 19.8 Å². The number of aliphatic carboxylic acids is 2. The number of amides is 4. The molecule has 0 unspecified atom stereocenters. The van der Waals surface area contributed by atoms with Gasteiger partial charge in [0.15, 0.2) is 0 Å². The van der Waals surface area contributed by atoms with Crippen LogP contribution in [0.5, 0.6) is 23.0 Å². The second kappa shape index (κ2) is 55.9. The van der Waals surface area contributed by atoms with Crippen LogP contribution < -0.4 is 51.9 Å². The summed E-state index contributed by atoms with van der Waals surface area (Å²) < 4.78 is 0. The van der Waals surface area contributed by atoms with Gasteiger partial charge in [0, 0.05) is 121 Å². The normalized spacial score (nSPS) is 8.93. The van der Waals surface area contributed by atoms with Crippen molar-refractivity contribution in [2.24, 2.45) is 0 Å². The molecule has 0 heterocycles. The monoisotopic (exact) mass is 1180 g/mol. The first-order chi connectivity index (χ1) is 33.9. The Labute approximate surface area is 472 Å². The minimum atomic E-state index is -1.08. The number of rotatable bonds is 20. The van der Waals surface area contributed by atoms with E-state index in [1.165, 1.54) is 43.9 Å². The first-order valence-corrected chi connectivity index (χ1v) is 21.9. The van der Waals surface area contributed by atoms with Gasteiger partial charge in [-0.25, -0.2) is 0 Å². The number of carboxylic acids is 2. The van der Waals surface area contributed by atoms with Crippen LogP contribution in [0.3, 0.4) is 0 Å². The van der Waals surface area contributed by atoms with E-state index in [1.54, 1.807) is 105 Å². The summed E-state index contributed by atoms with van der Waals surface area (Å²) in [5, 5.41) is 95.8. The Morgan fingerprint density at radius 2 is 0.547 bits per heavy atom. The third kappa shape index (κ3) is 60.6. The molecule has 0 aliphatic rings. The SMILES string of the molecule is CC(=O)[O-].CC(=O)[O-].CN(C)C=O.CN(C)C=O.CN(C)C=O.CN(C)C=O.[Ni+2].[Ni+2].[Ni+2].[O-]c1ccccc1CNCC(O)CNCc1ccccc1[O-].[O-]c1ccccc1CNCC(O)CNCc1ccccc1[O-]. The second-order valence-electron chi connectivity index (χ2n) is 15.5. The van der Waals surface area contributed by atoms with Crippen molar-refractivity contribution in [3.05, 3.63) is 119 Å². The van der Waals surface area contributed by atoms with E-state index in [0.717, 1.165) is 39.5 Å². The summed E-state index contributed by atoms with van der Waals surface area (Å²) in [6.45, 7) is 5.17. The minimum absolute atomic E-state index is 0. The van der Waals surface area contributed by atoms with Gasteiger partial charge in [0.2, 0.25) is 25.6 Å². The smallest absolute Gasteiger partial charge is 0.872 e. The molecule has 4 aromatic carbocycles. The van der Waals surface area contributed by atoms with Gasteiger partial charge in [-0.15, -0.1) is 23.0 Å². The van der Waals surface area contributed by atoms with Crippen LogP contribution in [0, 0.1) is 0 Å². The first kappa shape index (κ1) is 83.1. The molecule has 75 heavy (non-hydrogen) atoms. The fourth-order valence-corrected chi connectivity index (χ4v) is 4.24. The number of aliphatic hydroxyl groups excluding tert-OH is 2. The first-order valence-electron chi connectivity index (χ1n) is 21.9. The molecule has 6 N–H and O–H groups in total. The maximum absolute atomic E-state index is 11.5. The van der Waals surface area contributed by atoms with E-state index in [2.05, 4.69) is 21.3 Å². The predicted molar refractivity (Wildman–Crippen MR) is 263 cm³/mol. The Bertz CT molecular complexity index is 1750. The van der Waals surface area contributed by atoms with Crippen molar-refractivity contribution < 1.29 is 119 Å². The molecular weight excluding hydrogens is 1110 g/mol. The molecule has 0 atom stereocenters. The largest absolute Gasteiger partial charge is 2.00 e. The quantitative estimate of drug-likeness (QED) is 0.0369. The Balaban J connectivity index is -0.000000161. The molecule has 0 saturated heterocycles. The number of benzene rings is 4. The van der Waals surface area contributed by atoms with Gasteiger partial charge in [-0.05, 0) is 36.1 Å². The van der Waals surface area contributed by atoms with Crippen molar-refractivity contribution in [1.82, 2.24) is 40.9 Å². The van der Waals surface area contributed by atoms with E-state index >= 15 is 0 Å². The van der Waals surface area contributed by atoms with Crippen molar-refractivity contribution in [1.29, 1.82) is 0 Å². The minimum Gasteiger partial charge on any atom is -0.872 e. The number of carboxylic acid groups (broad SMARTS) is 2. The molecule has 0 fully saturated rings. The molecule has 4 aromatic rings. The summed E-state index contributed by atoms with van der Waals surface area (Å²) in [5.41, 5.74) is 2.73. The third-order valence-corrected chi connectivity index (χ3v) is 7.52. The molecule has 0 aromatic heterocycles. The average Bonchev–Trinajstić information content (AvgIpc) is 3.32. The molecule has 0 saturated carbocycles. The number of hydrogen-bond donors (Lipinski definition) is 6. The number of carbonyl (C=O) groups is 6. The van der Waals surface area contributed by atoms with Crippen LogP contribution in [0.2, 0.25) is 0 Å². The fraction of sp³-hybridized carbons (Fsp3) is 0.400. The number of para-hydroxylation sites is 4. The third-order valence-electron chi connectivity index (χ3n) is 7.52. The molecule has 0 spiro atoms. The van der Waals surface area contributed by atoms with Crippen LogP contribution in [-0.4, -0.2) is 162 Å². The van der Waals surface area contributed by atoms with Crippen molar-refractivity contribution in [2.45, 2.75) is 52.2 Å². The zero-order valence-corrected chi connectivity index (χ0v) is 46.9. The van der Waals surface area contributed by atoms with Crippen LogP contribution in [0.25, 0.3) is 0 Å². The van der Waals surface area contributed by atoms with Gasteiger partial charge in [0.1, 0.15) is 0 Å². The van der Waals surface area contributed by atoms with Crippen LogP contribution >= 0.6 is 0 Å². The number of nitrogens with zero attached hydrogens (tertiary/aromatic N) is 4. The van der Waals surface area contributed by atoms with Crippen molar-refractivity contribution >= 4 is 37.6 Å². The summed E-state index contributed by atoms with van der Waals surface area (Å²) >= 11 is 0. The van der Waals surface area contributed by atoms with Crippen LogP contribution in [0.15, 0.2) is 97.1 Å². The number of nitrogens with one attached hydrogen (secondary N) is 4. The fourth-order valence-electron chi connectivity index (χ4n) is 4.24. The zero-order chi connectivity index (χ0) is 55.9. The summed E-state index contributed by atoms with van der Waals surface area (Å²) in [5.74, 6) is -2.19. The predicted octanol–water partition coefficient (Wildman–Crippen LogP) is -3.53. The van der Waals surface area contributed by atoms with Crippen molar-refractivity contribution in [3.63, 3.8) is 0 Å². The maximum Gasteiger partial charge on any atom is 2.00 e. The maximum atomic E-state index is 11.5. The van der Waals surface area contributed by atoms with Crippen LogP contribution in [0.1, 0.15) is 36.1 Å². The van der Waals surface area contributed by atoms with Gasteiger partial charge < -0.3 is 91.3 Å². The number of carbonyl (C=O) groups excluding carboxylic acids is 6. The van der Waals surface area contributed by atoms with Crippen LogP contribution in [0.4, 0.5) is 0 Å². The molecule has 22 nitrogen and oxygen atoms in total. The molecule has 0 bridgehead atoms. The molecule has 0 aliphatic heterocycles. The van der Waals surface area contributed by atoms with E-state index in [-0.39, 0.29) is 72.5 Å². The van der Waals surface area contributed by atoms with Crippen molar-refractivity contribution in [3.8, 4) is 23.0 Å². The Morgan fingerprint density at radius 3 is 0.667 bits per heavy atom. The van der Waals surface area contributed by atoms with Gasteiger partial charge in [-0.2, -0.15) is 0 Å². The Kier molecular flexibility index (Phi) is 61.9. The average molecular weight is 1190 g/mol.